The standard InChI is InChI=1S/C12H24N2O/c1-2-3-4-7-10-13-12(15)14-11-8-5-6-9-11/h11H,2-10H2,1H3,(H2,13,14,15). The predicted octanol–water partition coefficient (Wildman–Crippen LogP) is 2.81. The number of rotatable bonds is 6. The molecule has 1 saturated carbocycles. The van der Waals surface area contributed by atoms with Crippen LogP contribution in [0.15, 0.2) is 0 Å². The van der Waals surface area contributed by atoms with Gasteiger partial charge in [-0.3, -0.25) is 0 Å². The van der Waals surface area contributed by atoms with Gasteiger partial charge in [0.15, 0.2) is 0 Å². The second-order valence-electron chi connectivity index (χ2n) is 4.44. The predicted molar refractivity (Wildman–Crippen MR) is 62.9 cm³/mol. The molecule has 0 aromatic heterocycles. The number of carbonyl (C=O) groups excluding carboxylic acids is 1. The van der Waals surface area contributed by atoms with E-state index in [-0.39, 0.29) is 6.03 Å². The molecule has 0 radical (unpaired) electrons. The van der Waals surface area contributed by atoms with Crippen molar-refractivity contribution < 1.29 is 4.79 Å². The van der Waals surface area contributed by atoms with Gasteiger partial charge in [0, 0.05) is 12.6 Å². The maximum Gasteiger partial charge on any atom is 0.315 e. The van der Waals surface area contributed by atoms with Crippen LogP contribution < -0.4 is 10.6 Å². The number of nitrogens with one attached hydrogen (secondary N) is 2. The first kappa shape index (κ1) is 12.3. The summed E-state index contributed by atoms with van der Waals surface area (Å²) in [4.78, 5) is 11.4. The molecule has 2 N–H and O–H groups in total. The van der Waals surface area contributed by atoms with Gasteiger partial charge in [0.25, 0.3) is 0 Å². The third kappa shape index (κ3) is 5.65. The van der Waals surface area contributed by atoms with Crippen molar-refractivity contribution in [2.75, 3.05) is 6.54 Å². The number of unbranched alkanes of at least 4 members (excludes halogenated alkanes) is 3. The van der Waals surface area contributed by atoms with Gasteiger partial charge < -0.3 is 10.6 Å². The highest BCUT2D eigenvalue weighted by Gasteiger charge is 2.16. The van der Waals surface area contributed by atoms with Crippen LogP contribution in [0, 0.1) is 0 Å². The van der Waals surface area contributed by atoms with E-state index < -0.39 is 0 Å². The molecule has 1 rings (SSSR count). The molecule has 3 nitrogen and oxygen atoms in total. The lowest BCUT2D eigenvalue weighted by Gasteiger charge is -2.12. The molecule has 0 atom stereocenters. The SMILES string of the molecule is CCCCCCNC(=O)NC1CCCC1. The van der Waals surface area contributed by atoms with E-state index in [0.29, 0.717) is 6.04 Å². The van der Waals surface area contributed by atoms with Crippen LogP contribution in [0.5, 0.6) is 0 Å². The third-order valence-corrected chi connectivity index (χ3v) is 3.01. The van der Waals surface area contributed by atoms with Gasteiger partial charge in [-0.25, -0.2) is 4.79 Å². The summed E-state index contributed by atoms with van der Waals surface area (Å²) in [5.74, 6) is 0. The molecule has 2 amide bonds. The Morgan fingerprint density at radius 1 is 1.20 bits per heavy atom. The summed E-state index contributed by atoms with van der Waals surface area (Å²) in [6.07, 6.45) is 9.68. The molecule has 0 unspecified atom stereocenters. The Kier molecular flexibility index (Phi) is 6.21. The number of urea groups is 1. The molecule has 1 aliphatic carbocycles. The van der Waals surface area contributed by atoms with Crippen molar-refractivity contribution in [3.05, 3.63) is 0 Å². The second-order valence-corrected chi connectivity index (χ2v) is 4.44. The molecule has 0 aromatic carbocycles. The molecular weight excluding hydrogens is 188 g/mol. The van der Waals surface area contributed by atoms with E-state index in [2.05, 4.69) is 17.6 Å². The summed E-state index contributed by atoms with van der Waals surface area (Å²) in [6.45, 7) is 3.01. The van der Waals surface area contributed by atoms with E-state index in [1.54, 1.807) is 0 Å². The highest BCUT2D eigenvalue weighted by Crippen LogP contribution is 2.17. The largest absolute Gasteiger partial charge is 0.338 e. The summed E-state index contributed by atoms with van der Waals surface area (Å²) in [5.41, 5.74) is 0. The van der Waals surface area contributed by atoms with Gasteiger partial charge in [-0.2, -0.15) is 0 Å². The van der Waals surface area contributed by atoms with Crippen molar-refractivity contribution in [3.63, 3.8) is 0 Å². The van der Waals surface area contributed by atoms with Crippen LogP contribution in [0.3, 0.4) is 0 Å². The highest BCUT2D eigenvalue weighted by atomic mass is 16.2. The first-order valence-corrected chi connectivity index (χ1v) is 6.37. The summed E-state index contributed by atoms with van der Waals surface area (Å²) in [6, 6.07) is 0.457. The second kappa shape index (κ2) is 7.55. The van der Waals surface area contributed by atoms with E-state index in [4.69, 9.17) is 0 Å². The number of hydrogen-bond donors (Lipinski definition) is 2. The lowest BCUT2D eigenvalue weighted by Crippen LogP contribution is -2.41. The lowest BCUT2D eigenvalue weighted by molar-refractivity contribution is 0.237. The van der Waals surface area contributed by atoms with Crippen LogP contribution in [-0.2, 0) is 0 Å². The molecule has 3 heteroatoms. The Morgan fingerprint density at radius 2 is 1.93 bits per heavy atom. The van der Waals surface area contributed by atoms with Crippen molar-refractivity contribution in [3.8, 4) is 0 Å². The van der Waals surface area contributed by atoms with Crippen LogP contribution in [0.1, 0.15) is 58.3 Å². The van der Waals surface area contributed by atoms with Crippen molar-refractivity contribution in [2.45, 2.75) is 64.3 Å². The van der Waals surface area contributed by atoms with E-state index in [0.717, 1.165) is 25.8 Å². The van der Waals surface area contributed by atoms with Crippen molar-refractivity contribution in [1.29, 1.82) is 0 Å². The van der Waals surface area contributed by atoms with E-state index in [9.17, 15) is 4.79 Å². The monoisotopic (exact) mass is 212 g/mol. The molecule has 15 heavy (non-hydrogen) atoms. The Hall–Kier alpha value is -0.730. The van der Waals surface area contributed by atoms with Gasteiger partial charge in [0.2, 0.25) is 0 Å². The summed E-state index contributed by atoms with van der Waals surface area (Å²) < 4.78 is 0. The van der Waals surface area contributed by atoms with Crippen LogP contribution in [0.4, 0.5) is 4.79 Å². The van der Waals surface area contributed by atoms with E-state index >= 15 is 0 Å². The maximum absolute atomic E-state index is 11.4. The van der Waals surface area contributed by atoms with E-state index in [1.807, 2.05) is 0 Å². The number of carbonyl (C=O) groups is 1. The van der Waals surface area contributed by atoms with Gasteiger partial charge in [-0.05, 0) is 19.3 Å². The van der Waals surface area contributed by atoms with Crippen LogP contribution in [-0.4, -0.2) is 18.6 Å². The molecule has 0 aliphatic heterocycles. The van der Waals surface area contributed by atoms with Gasteiger partial charge in [0.1, 0.15) is 0 Å². The minimum Gasteiger partial charge on any atom is -0.338 e. The molecule has 1 aliphatic rings. The zero-order chi connectivity index (χ0) is 10.9. The Balaban J connectivity index is 1.93. The smallest absolute Gasteiger partial charge is 0.315 e. The zero-order valence-electron chi connectivity index (χ0n) is 9.85. The van der Waals surface area contributed by atoms with Gasteiger partial charge in [-0.1, -0.05) is 39.0 Å². The summed E-state index contributed by atoms with van der Waals surface area (Å²) in [7, 11) is 0. The molecular formula is C12H24N2O. The van der Waals surface area contributed by atoms with Crippen molar-refractivity contribution in [2.24, 2.45) is 0 Å². The molecule has 0 heterocycles. The number of amides is 2. The third-order valence-electron chi connectivity index (χ3n) is 3.01. The van der Waals surface area contributed by atoms with E-state index in [1.165, 1.54) is 32.1 Å². The fraction of sp³-hybridized carbons (Fsp3) is 0.917. The molecule has 0 bridgehead atoms. The normalized spacial score (nSPS) is 16.6. The molecule has 0 aromatic rings. The fourth-order valence-electron chi connectivity index (χ4n) is 2.06. The Bertz CT molecular complexity index is 176. The van der Waals surface area contributed by atoms with Crippen LogP contribution in [0.25, 0.3) is 0 Å². The quantitative estimate of drug-likeness (QED) is 0.653. The van der Waals surface area contributed by atoms with Crippen molar-refractivity contribution in [1.82, 2.24) is 10.6 Å². The maximum atomic E-state index is 11.4. The molecule has 88 valence electrons. The average molecular weight is 212 g/mol. The molecule has 1 fully saturated rings. The van der Waals surface area contributed by atoms with Gasteiger partial charge in [0.05, 0.1) is 0 Å². The lowest BCUT2D eigenvalue weighted by atomic mass is 10.2. The average Bonchev–Trinajstić information content (AvgIpc) is 2.70. The first-order chi connectivity index (χ1) is 7.33. The van der Waals surface area contributed by atoms with Gasteiger partial charge in [-0.15, -0.1) is 0 Å². The highest BCUT2D eigenvalue weighted by molar-refractivity contribution is 5.74. The summed E-state index contributed by atoms with van der Waals surface area (Å²) >= 11 is 0. The topological polar surface area (TPSA) is 41.1 Å². The molecule has 0 saturated heterocycles. The Morgan fingerprint density at radius 3 is 2.60 bits per heavy atom. The zero-order valence-corrected chi connectivity index (χ0v) is 9.85. The van der Waals surface area contributed by atoms with Gasteiger partial charge >= 0.3 is 6.03 Å². The summed E-state index contributed by atoms with van der Waals surface area (Å²) in [5, 5.41) is 5.94. The number of hydrogen-bond acceptors (Lipinski definition) is 1. The minimum atomic E-state index is 0.0263. The Labute approximate surface area is 93.0 Å². The van der Waals surface area contributed by atoms with Crippen LogP contribution >= 0.6 is 0 Å². The first-order valence-electron chi connectivity index (χ1n) is 6.37. The minimum absolute atomic E-state index is 0.0263. The molecule has 0 spiro atoms. The van der Waals surface area contributed by atoms with Crippen LogP contribution in [0.2, 0.25) is 0 Å². The fourth-order valence-corrected chi connectivity index (χ4v) is 2.06. The van der Waals surface area contributed by atoms with Crippen molar-refractivity contribution >= 4 is 6.03 Å².